The molecule has 4 saturated carbocycles. The molecule has 2 atom stereocenters. The van der Waals surface area contributed by atoms with E-state index >= 15 is 0 Å². The molecule has 56 heavy (non-hydrogen) atoms. The van der Waals surface area contributed by atoms with E-state index in [1.165, 1.54) is 18.2 Å². The molecule has 298 valence electrons. The van der Waals surface area contributed by atoms with E-state index < -0.39 is 6.29 Å². The molecule has 0 saturated heterocycles. The Morgan fingerprint density at radius 1 is 1.05 bits per heavy atom. The number of hydrogen-bond acceptors (Lipinski definition) is 13. The zero-order valence-electron chi connectivity index (χ0n) is 33.9. The molecule has 3 aromatic heterocycles. The van der Waals surface area contributed by atoms with Crippen molar-refractivity contribution in [2.45, 2.75) is 97.9 Å². The van der Waals surface area contributed by atoms with Crippen molar-refractivity contribution in [2.75, 3.05) is 50.6 Å². The molecule has 4 fully saturated rings. The molecule has 0 amide bonds. The van der Waals surface area contributed by atoms with Gasteiger partial charge in [-0.15, -0.1) is 10.2 Å². The highest BCUT2D eigenvalue weighted by atomic mass is 32.1. The maximum atomic E-state index is 10.7. The first kappa shape index (κ1) is 38.8. The van der Waals surface area contributed by atoms with Crippen LogP contribution in [0.25, 0.3) is 15.8 Å². The van der Waals surface area contributed by atoms with Crippen LogP contribution in [0.4, 0.5) is 22.6 Å². The summed E-state index contributed by atoms with van der Waals surface area (Å²) in [4.78, 5) is 19.1. The lowest BCUT2D eigenvalue weighted by Crippen LogP contribution is -2.64. The summed E-state index contributed by atoms with van der Waals surface area (Å²) in [5, 5.41) is 34.9. The van der Waals surface area contributed by atoms with E-state index in [4.69, 9.17) is 25.4 Å². The number of fused-ring (bicyclic) bond motifs is 2. The highest BCUT2D eigenvalue weighted by molar-refractivity contribution is 7.22. The highest BCUT2D eigenvalue weighted by Gasteiger charge is 2.66. The van der Waals surface area contributed by atoms with Gasteiger partial charge in [0.05, 0.1) is 22.4 Å². The fourth-order valence-corrected chi connectivity index (χ4v) is 12.4. The molecule has 4 bridgehead atoms. The number of hydrogen-bond donors (Lipinski definition) is 4. The molecular weight excluding hydrogens is 723 g/mol. The largest absolute Gasteiger partial charge is 0.404 e. The average molecular weight is 780 g/mol. The number of aryl methyl sites for hydroxylation is 1. The molecule has 0 radical (unpaired) electrons. The van der Waals surface area contributed by atoms with Gasteiger partial charge in [0, 0.05) is 53.8 Å². The van der Waals surface area contributed by atoms with E-state index in [0.29, 0.717) is 41.7 Å². The van der Waals surface area contributed by atoms with Gasteiger partial charge in [0.2, 0.25) is 0 Å². The maximum absolute atomic E-state index is 10.7. The van der Waals surface area contributed by atoms with E-state index in [9.17, 15) is 10.2 Å². The number of benzene rings is 1. The maximum Gasteiger partial charge on any atom is 0.196 e. The third-order valence-electron chi connectivity index (χ3n) is 12.7. The van der Waals surface area contributed by atoms with Gasteiger partial charge in [-0.2, -0.15) is 0 Å². The quantitative estimate of drug-likeness (QED) is 0.0841. The van der Waals surface area contributed by atoms with Gasteiger partial charge in [-0.1, -0.05) is 31.3 Å². The van der Waals surface area contributed by atoms with Gasteiger partial charge >= 0.3 is 0 Å². The summed E-state index contributed by atoms with van der Waals surface area (Å²) in [7, 11) is 4.19. The Labute approximate surface area is 334 Å². The fraction of sp³-hybridized carbons (Fsp3) is 0.558. The molecule has 4 aromatic rings. The summed E-state index contributed by atoms with van der Waals surface area (Å²) in [6, 6.07) is 10.0. The van der Waals surface area contributed by atoms with E-state index in [-0.39, 0.29) is 27.5 Å². The normalized spacial score (nSPS) is 27.5. The van der Waals surface area contributed by atoms with Crippen LogP contribution in [0, 0.1) is 30.1 Å². The number of aliphatic hydroxyl groups excluding tert-OH is 1. The molecule has 4 aliphatic carbocycles. The van der Waals surface area contributed by atoms with Crippen molar-refractivity contribution in [3.63, 3.8) is 0 Å². The molecule has 1 aromatic carbocycles. The van der Waals surface area contributed by atoms with Crippen LogP contribution in [-0.4, -0.2) is 86.9 Å². The molecule has 5 N–H and O–H groups in total. The van der Waals surface area contributed by atoms with Crippen LogP contribution >= 0.6 is 11.3 Å². The second-order valence-electron chi connectivity index (χ2n) is 18.3. The van der Waals surface area contributed by atoms with Crippen molar-refractivity contribution < 1.29 is 14.9 Å². The van der Waals surface area contributed by atoms with Gasteiger partial charge in [-0.25, -0.2) is 9.97 Å². The first-order valence-corrected chi connectivity index (χ1v) is 20.8. The number of allylic oxidation sites excluding steroid dienone is 1. The number of anilines is 4. The van der Waals surface area contributed by atoms with Crippen LogP contribution in [0.5, 0.6) is 0 Å². The predicted octanol–water partition coefficient (Wildman–Crippen LogP) is 7.37. The molecular formula is C43H57N9O3S. The molecule has 1 aliphatic heterocycles. The Morgan fingerprint density at radius 3 is 2.54 bits per heavy atom. The van der Waals surface area contributed by atoms with Crippen LogP contribution in [0.3, 0.4) is 0 Å². The molecule has 2 unspecified atom stereocenters. The zero-order chi connectivity index (χ0) is 39.6. The van der Waals surface area contributed by atoms with Crippen LogP contribution in [-0.2, 0) is 11.2 Å². The lowest BCUT2D eigenvalue weighted by molar-refractivity contribution is -0.242. The third-order valence-corrected chi connectivity index (χ3v) is 13.6. The number of ether oxygens (including phenoxy) is 1. The van der Waals surface area contributed by atoms with Gasteiger partial charge in [0.25, 0.3) is 0 Å². The minimum Gasteiger partial charge on any atom is -0.404 e. The molecule has 0 spiro atoms. The van der Waals surface area contributed by atoms with Gasteiger partial charge in [-0.05, 0) is 132 Å². The standard InChI is InChI=1S/C43H57N9O3S/c1-26-10-12-33-32(17-26)46-39(56-33)48-36-27(2)29-9-8-14-52(37(29)50-49-36)34-13-11-30(35(47-34)38(53)54)31(18-44)28(3)45-25-42-20-40(4)19-41(5,21-42)23-43(22-40,24-42)55-16-15-51(6)7/h10-13,17-18,38,53-54H,8-9,14-16,19-25,44H2,1-7H3,(H,46,48,49)/b31-18+,45-28?. The van der Waals surface area contributed by atoms with E-state index in [2.05, 4.69) is 80.4 Å². The number of nitrogens with two attached hydrogens (primary N) is 1. The summed E-state index contributed by atoms with van der Waals surface area (Å²) in [5.74, 6) is 1.95. The second kappa shape index (κ2) is 14.4. The Kier molecular flexibility index (Phi) is 10.0. The third kappa shape index (κ3) is 7.32. The van der Waals surface area contributed by atoms with Gasteiger partial charge in [-0.3, -0.25) is 4.99 Å². The Balaban J connectivity index is 1.04. The van der Waals surface area contributed by atoms with E-state index in [1.54, 1.807) is 11.3 Å². The summed E-state index contributed by atoms with van der Waals surface area (Å²) in [5.41, 5.74) is 13.0. The number of aromatic nitrogens is 4. The minimum atomic E-state index is -1.82. The molecule has 5 aliphatic rings. The average Bonchev–Trinajstić information content (AvgIpc) is 3.52. The number of aliphatic hydroxyl groups is 2. The van der Waals surface area contributed by atoms with Crippen LogP contribution < -0.4 is 16.0 Å². The lowest BCUT2D eigenvalue weighted by atomic mass is 9.39. The monoisotopic (exact) mass is 779 g/mol. The van der Waals surface area contributed by atoms with Crippen LogP contribution in [0.2, 0.25) is 0 Å². The van der Waals surface area contributed by atoms with Gasteiger partial charge < -0.3 is 35.8 Å². The number of nitrogens with zero attached hydrogens (tertiary/aromatic N) is 7. The van der Waals surface area contributed by atoms with E-state index in [1.807, 2.05) is 24.0 Å². The number of rotatable bonds is 12. The molecule has 12 nitrogen and oxygen atoms in total. The van der Waals surface area contributed by atoms with E-state index in [0.717, 1.165) is 90.3 Å². The predicted molar refractivity (Wildman–Crippen MR) is 225 cm³/mol. The smallest absolute Gasteiger partial charge is 0.196 e. The molecule has 9 rings (SSSR count). The molecule has 13 heteroatoms. The number of pyridine rings is 1. The van der Waals surface area contributed by atoms with Crippen molar-refractivity contribution in [1.29, 1.82) is 0 Å². The van der Waals surface area contributed by atoms with Crippen molar-refractivity contribution in [3.8, 4) is 0 Å². The second-order valence-corrected chi connectivity index (χ2v) is 19.4. The van der Waals surface area contributed by atoms with Gasteiger partial charge in [0.1, 0.15) is 11.5 Å². The minimum absolute atomic E-state index is 0.0441. The fourth-order valence-electron chi connectivity index (χ4n) is 11.5. The SMILES string of the molecule is CC(=NCC12CC3(C)CC(C)(C1)CC(OCCN(C)C)(C3)C2)/C(=C\N)c1ccc(N2CCCc3c2nnc(Nc2nc4cc(C)ccc4s2)c3C)nc1C(O)O. The topological polar surface area (TPSA) is 158 Å². The summed E-state index contributed by atoms with van der Waals surface area (Å²) >= 11 is 1.59. The van der Waals surface area contributed by atoms with Crippen molar-refractivity contribution in [2.24, 2.45) is 27.0 Å². The highest BCUT2D eigenvalue weighted by Crippen LogP contribution is 2.71. The number of nitrogens with one attached hydrogen (secondary N) is 1. The van der Waals surface area contributed by atoms with Crippen LogP contribution in [0.15, 0.2) is 41.5 Å². The summed E-state index contributed by atoms with van der Waals surface area (Å²) in [6.45, 7) is 14.0. The van der Waals surface area contributed by atoms with Gasteiger partial charge in [0.15, 0.2) is 23.1 Å². The first-order chi connectivity index (χ1) is 26.6. The summed E-state index contributed by atoms with van der Waals surface area (Å²) < 4.78 is 7.94. The van der Waals surface area contributed by atoms with Crippen molar-refractivity contribution >= 4 is 55.4 Å². The Morgan fingerprint density at radius 2 is 1.82 bits per heavy atom. The Bertz CT molecular complexity index is 2200. The first-order valence-electron chi connectivity index (χ1n) is 20.0. The van der Waals surface area contributed by atoms with Crippen LogP contribution in [0.1, 0.15) is 100.0 Å². The number of thiazole rings is 1. The lowest BCUT2D eigenvalue weighted by Gasteiger charge is -2.69. The Hall–Kier alpha value is -4.01. The molecule has 4 heterocycles. The van der Waals surface area contributed by atoms with Crippen molar-refractivity contribution in [3.05, 3.63) is 64.5 Å². The summed E-state index contributed by atoms with van der Waals surface area (Å²) in [6.07, 6.45) is 8.18. The zero-order valence-corrected chi connectivity index (χ0v) is 34.8. The number of likely N-dealkylation sites (N-methyl/N-ethyl adjacent to an activating group) is 1. The number of aliphatic imine (C=N–C) groups is 1. The van der Waals surface area contributed by atoms with Crippen molar-refractivity contribution in [1.82, 2.24) is 25.1 Å².